The van der Waals surface area contributed by atoms with Gasteiger partial charge < -0.3 is 15.1 Å². The molecule has 0 aliphatic carbocycles. The Morgan fingerprint density at radius 1 is 0.923 bits per heavy atom. The van der Waals surface area contributed by atoms with E-state index in [-0.39, 0.29) is 23.9 Å². The number of carboxylic acids is 2. The number of rotatable bonds is 4. The molecule has 2 aromatic carbocycles. The molecule has 1 fully saturated rings. The van der Waals surface area contributed by atoms with Crippen LogP contribution in [-0.2, 0) is 4.79 Å². The minimum atomic E-state index is -1.06. The Labute approximate surface area is 150 Å². The highest BCUT2D eigenvalue weighted by Gasteiger charge is 2.41. The molecule has 2 aromatic rings. The van der Waals surface area contributed by atoms with Crippen molar-refractivity contribution in [1.29, 1.82) is 0 Å². The molecule has 6 heteroatoms. The predicted octanol–water partition coefficient (Wildman–Crippen LogP) is 2.63. The lowest BCUT2D eigenvalue weighted by atomic mass is 9.86. The molecule has 0 spiro atoms. The summed E-state index contributed by atoms with van der Waals surface area (Å²) >= 11 is 0. The van der Waals surface area contributed by atoms with Crippen LogP contribution in [0.15, 0.2) is 48.5 Å². The van der Waals surface area contributed by atoms with E-state index in [4.69, 9.17) is 5.11 Å². The van der Waals surface area contributed by atoms with Crippen LogP contribution in [0.2, 0.25) is 0 Å². The second kappa shape index (κ2) is 7.00. The summed E-state index contributed by atoms with van der Waals surface area (Å²) in [6.07, 6.45) is 0. The zero-order chi connectivity index (χ0) is 18.8. The van der Waals surface area contributed by atoms with Crippen molar-refractivity contribution >= 4 is 17.8 Å². The van der Waals surface area contributed by atoms with Gasteiger partial charge in [-0.15, -0.1) is 0 Å². The lowest BCUT2D eigenvalue weighted by Crippen LogP contribution is -2.29. The minimum Gasteiger partial charge on any atom is -0.481 e. The molecule has 0 saturated carbocycles. The van der Waals surface area contributed by atoms with Crippen LogP contribution in [0.4, 0.5) is 0 Å². The van der Waals surface area contributed by atoms with Crippen LogP contribution in [-0.4, -0.2) is 46.0 Å². The van der Waals surface area contributed by atoms with Crippen LogP contribution in [0.1, 0.15) is 37.8 Å². The number of benzene rings is 2. The summed E-state index contributed by atoms with van der Waals surface area (Å²) in [6, 6.07) is 13.3. The first kappa shape index (κ1) is 17.7. The Kier molecular flexibility index (Phi) is 4.75. The van der Waals surface area contributed by atoms with E-state index >= 15 is 0 Å². The maximum absolute atomic E-state index is 12.7. The summed E-state index contributed by atoms with van der Waals surface area (Å²) < 4.78 is 0. The van der Waals surface area contributed by atoms with Gasteiger partial charge in [0.1, 0.15) is 0 Å². The summed E-state index contributed by atoms with van der Waals surface area (Å²) in [4.78, 5) is 36.9. The van der Waals surface area contributed by atoms with Gasteiger partial charge in [-0.25, -0.2) is 4.79 Å². The third kappa shape index (κ3) is 3.31. The third-order valence-electron chi connectivity index (χ3n) is 4.89. The molecule has 1 aliphatic rings. The van der Waals surface area contributed by atoms with Crippen LogP contribution in [0, 0.1) is 12.8 Å². The molecule has 0 radical (unpaired) electrons. The summed E-state index contributed by atoms with van der Waals surface area (Å²) in [7, 11) is 0. The van der Waals surface area contributed by atoms with E-state index < -0.39 is 17.9 Å². The highest BCUT2D eigenvalue weighted by molar-refractivity contribution is 5.96. The predicted molar refractivity (Wildman–Crippen MR) is 94.4 cm³/mol. The van der Waals surface area contributed by atoms with E-state index in [1.54, 1.807) is 0 Å². The number of likely N-dealkylation sites (tertiary alicyclic amines) is 1. The molecule has 1 saturated heterocycles. The first-order valence-electron chi connectivity index (χ1n) is 8.29. The zero-order valence-corrected chi connectivity index (χ0v) is 14.3. The maximum atomic E-state index is 12.7. The molecule has 26 heavy (non-hydrogen) atoms. The van der Waals surface area contributed by atoms with Crippen LogP contribution in [0.5, 0.6) is 0 Å². The van der Waals surface area contributed by atoms with Crippen molar-refractivity contribution in [2.45, 2.75) is 12.8 Å². The van der Waals surface area contributed by atoms with Crippen LogP contribution in [0.3, 0.4) is 0 Å². The molecule has 2 unspecified atom stereocenters. The number of carbonyl (C=O) groups is 3. The van der Waals surface area contributed by atoms with Crippen molar-refractivity contribution in [3.63, 3.8) is 0 Å². The molecule has 134 valence electrons. The number of hydrogen-bond donors (Lipinski definition) is 2. The molecule has 1 aliphatic heterocycles. The van der Waals surface area contributed by atoms with Crippen molar-refractivity contribution < 1.29 is 24.6 Å². The van der Waals surface area contributed by atoms with E-state index in [2.05, 4.69) is 0 Å². The van der Waals surface area contributed by atoms with Crippen molar-refractivity contribution in [2.24, 2.45) is 5.92 Å². The first-order chi connectivity index (χ1) is 12.4. The first-order valence-corrected chi connectivity index (χ1v) is 8.29. The van der Waals surface area contributed by atoms with E-state index in [1.165, 1.54) is 29.2 Å². The third-order valence-corrected chi connectivity index (χ3v) is 4.89. The Morgan fingerprint density at radius 3 is 2.12 bits per heavy atom. The normalized spacial score (nSPS) is 19.3. The van der Waals surface area contributed by atoms with E-state index in [0.717, 1.165) is 11.1 Å². The van der Waals surface area contributed by atoms with Gasteiger partial charge in [-0.1, -0.05) is 24.3 Å². The number of carbonyl (C=O) groups excluding carboxylic acids is 1. The molecular formula is C20H19NO5. The number of carboxylic acid groups (broad SMARTS) is 2. The molecule has 3 rings (SSSR count). The molecule has 2 atom stereocenters. The summed E-state index contributed by atoms with van der Waals surface area (Å²) in [6.45, 7) is 2.39. The number of aromatic carboxylic acids is 1. The van der Waals surface area contributed by atoms with Gasteiger partial charge in [0.2, 0.25) is 0 Å². The highest BCUT2D eigenvalue weighted by Crippen LogP contribution is 2.35. The molecule has 0 aromatic heterocycles. The number of aliphatic carboxylic acids is 1. The largest absolute Gasteiger partial charge is 0.481 e. The van der Waals surface area contributed by atoms with Crippen molar-refractivity contribution in [3.05, 3.63) is 70.8 Å². The van der Waals surface area contributed by atoms with Crippen molar-refractivity contribution in [3.8, 4) is 0 Å². The summed E-state index contributed by atoms with van der Waals surface area (Å²) in [5.74, 6) is -3.20. The average molecular weight is 353 g/mol. The van der Waals surface area contributed by atoms with E-state index in [0.29, 0.717) is 12.1 Å². The van der Waals surface area contributed by atoms with Crippen LogP contribution in [0.25, 0.3) is 0 Å². The Morgan fingerprint density at radius 2 is 1.54 bits per heavy atom. The molecule has 2 N–H and O–H groups in total. The zero-order valence-electron chi connectivity index (χ0n) is 14.3. The van der Waals surface area contributed by atoms with E-state index in [1.807, 2.05) is 31.2 Å². The van der Waals surface area contributed by atoms with E-state index in [9.17, 15) is 19.5 Å². The maximum Gasteiger partial charge on any atom is 0.335 e. The molecule has 1 amide bonds. The second-order valence-electron chi connectivity index (χ2n) is 6.50. The van der Waals surface area contributed by atoms with Gasteiger partial charge in [-0.05, 0) is 42.3 Å². The molecule has 6 nitrogen and oxygen atoms in total. The molecule has 0 bridgehead atoms. The number of aryl methyl sites for hydroxylation is 1. The lowest BCUT2D eigenvalue weighted by Gasteiger charge is -2.18. The summed E-state index contributed by atoms with van der Waals surface area (Å²) in [5, 5.41) is 18.5. The van der Waals surface area contributed by atoms with Crippen molar-refractivity contribution in [1.82, 2.24) is 4.90 Å². The fraction of sp³-hybridized carbons (Fsp3) is 0.250. The number of nitrogens with zero attached hydrogens (tertiary/aromatic N) is 1. The molecular weight excluding hydrogens is 334 g/mol. The average Bonchev–Trinajstić information content (AvgIpc) is 3.07. The monoisotopic (exact) mass is 353 g/mol. The van der Waals surface area contributed by atoms with Gasteiger partial charge in [0.25, 0.3) is 5.91 Å². The van der Waals surface area contributed by atoms with Gasteiger partial charge in [-0.3, -0.25) is 9.59 Å². The lowest BCUT2D eigenvalue weighted by molar-refractivity contribution is -0.141. The van der Waals surface area contributed by atoms with Crippen LogP contribution < -0.4 is 0 Å². The van der Waals surface area contributed by atoms with Gasteiger partial charge in [0, 0.05) is 24.6 Å². The molecule has 1 heterocycles. The SMILES string of the molecule is Cc1ccccc1C1CN(C(=O)c2ccc(C(=O)O)cc2)CC1C(=O)O. The Hall–Kier alpha value is -3.15. The van der Waals surface area contributed by atoms with Gasteiger partial charge in [0.15, 0.2) is 0 Å². The minimum absolute atomic E-state index is 0.101. The van der Waals surface area contributed by atoms with Gasteiger partial charge in [0.05, 0.1) is 11.5 Å². The van der Waals surface area contributed by atoms with Gasteiger partial charge >= 0.3 is 11.9 Å². The topological polar surface area (TPSA) is 94.9 Å². The Balaban J connectivity index is 1.85. The summed E-state index contributed by atoms with van der Waals surface area (Å²) in [5.41, 5.74) is 2.40. The fourth-order valence-electron chi connectivity index (χ4n) is 3.48. The fourth-order valence-corrected chi connectivity index (χ4v) is 3.48. The standard InChI is InChI=1S/C20H19NO5/c1-12-4-2-3-5-15(12)16-10-21(11-17(16)20(25)26)18(22)13-6-8-14(9-7-13)19(23)24/h2-9,16-17H,10-11H2,1H3,(H,23,24)(H,25,26). The number of amides is 1. The quantitative estimate of drug-likeness (QED) is 0.881. The highest BCUT2D eigenvalue weighted by atomic mass is 16.4. The van der Waals surface area contributed by atoms with Crippen molar-refractivity contribution in [2.75, 3.05) is 13.1 Å². The van der Waals surface area contributed by atoms with Crippen LogP contribution >= 0.6 is 0 Å². The van der Waals surface area contributed by atoms with Gasteiger partial charge in [-0.2, -0.15) is 0 Å². The number of hydrogen-bond acceptors (Lipinski definition) is 3. The second-order valence-corrected chi connectivity index (χ2v) is 6.50. The Bertz CT molecular complexity index is 859. The smallest absolute Gasteiger partial charge is 0.335 e.